The molecule has 0 saturated carbocycles. The summed E-state index contributed by atoms with van der Waals surface area (Å²) in [4.78, 5) is 14.1. The Morgan fingerprint density at radius 2 is 2.21 bits per heavy atom. The Hall–Kier alpha value is -1.44. The number of methoxy groups -OCH3 is 1. The fourth-order valence-electron chi connectivity index (χ4n) is 1.31. The van der Waals surface area contributed by atoms with Crippen molar-refractivity contribution in [3.05, 3.63) is 27.4 Å². The molecule has 7 nitrogen and oxygen atoms in total. The minimum atomic E-state index is -0.507. The summed E-state index contributed by atoms with van der Waals surface area (Å²) in [7, 11) is 1.61. The maximum Gasteiger partial charge on any atom is 0.276 e. The van der Waals surface area contributed by atoms with Crippen LogP contribution in [0.4, 0.5) is 11.5 Å². The van der Waals surface area contributed by atoms with E-state index in [0.717, 1.165) is 6.42 Å². The maximum absolute atomic E-state index is 10.6. The first-order chi connectivity index (χ1) is 9.13. The number of halogens is 1. The van der Waals surface area contributed by atoms with Crippen molar-refractivity contribution in [1.82, 2.24) is 4.98 Å². The van der Waals surface area contributed by atoms with Gasteiger partial charge in [-0.3, -0.25) is 10.1 Å². The molecular weight excluding hydrogens is 274 g/mol. The molecule has 0 atom stereocenters. The molecule has 0 aliphatic rings. The molecule has 0 spiro atoms. The van der Waals surface area contributed by atoms with E-state index in [1.165, 1.54) is 12.1 Å². The summed E-state index contributed by atoms with van der Waals surface area (Å²) >= 11 is 5.70. The van der Waals surface area contributed by atoms with Crippen LogP contribution in [0.25, 0.3) is 0 Å². The van der Waals surface area contributed by atoms with Crippen molar-refractivity contribution >= 4 is 23.1 Å². The van der Waals surface area contributed by atoms with Gasteiger partial charge in [-0.05, 0) is 6.42 Å². The molecule has 0 saturated heterocycles. The molecule has 1 aromatic heterocycles. The smallest absolute Gasteiger partial charge is 0.276 e. The quantitative estimate of drug-likeness (QED) is 0.324. The topological polar surface area (TPSA) is 86.5 Å². The first-order valence-electron chi connectivity index (χ1n) is 5.76. The Bertz CT molecular complexity index is 417. The molecule has 1 heterocycles. The first kappa shape index (κ1) is 15.6. The summed E-state index contributed by atoms with van der Waals surface area (Å²) in [5, 5.41) is 13.7. The summed E-state index contributed by atoms with van der Waals surface area (Å²) in [6.07, 6.45) is 0.756. The SMILES string of the molecule is COCCOCCCNc1cc([N+](=O)[O-])cc(Cl)n1. The summed E-state index contributed by atoms with van der Waals surface area (Å²) < 4.78 is 10.1. The van der Waals surface area contributed by atoms with Gasteiger partial charge in [-0.1, -0.05) is 11.6 Å². The van der Waals surface area contributed by atoms with Crippen molar-refractivity contribution in [1.29, 1.82) is 0 Å². The van der Waals surface area contributed by atoms with Crippen LogP contribution in [0.2, 0.25) is 5.15 Å². The number of pyridine rings is 1. The molecule has 0 unspecified atom stereocenters. The van der Waals surface area contributed by atoms with Gasteiger partial charge < -0.3 is 14.8 Å². The van der Waals surface area contributed by atoms with Gasteiger partial charge in [0.25, 0.3) is 5.69 Å². The Morgan fingerprint density at radius 1 is 1.42 bits per heavy atom. The number of ether oxygens (including phenoxy) is 2. The predicted octanol–water partition coefficient (Wildman–Crippen LogP) is 2.11. The summed E-state index contributed by atoms with van der Waals surface area (Å²) in [5.74, 6) is 0.385. The fourth-order valence-corrected chi connectivity index (χ4v) is 1.52. The minimum Gasteiger partial charge on any atom is -0.382 e. The van der Waals surface area contributed by atoms with E-state index in [2.05, 4.69) is 10.3 Å². The van der Waals surface area contributed by atoms with Gasteiger partial charge in [0.15, 0.2) is 0 Å². The van der Waals surface area contributed by atoms with Gasteiger partial charge in [-0.2, -0.15) is 0 Å². The molecule has 0 aliphatic carbocycles. The van der Waals surface area contributed by atoms with Crippen LogP contribution < -0.4 is 5.32 Å². The number of hydrogen-bond donors (Lipinski definition) is 1. The van der Waals surface area contributed by atoms with E-state index < -0.39 is 4.92 Å². The minimum absolute atomic E-state index is 0.0844. The van der Waals surface area contributed by atoms with Crippen molar-refractivity contribution in [2.45, 2.75) is 6.42 Å². The summed E-state index contributed by atoms with van der Waals surface area (Å²) in [6.45, 7) is 2.29. The molecule has 106 valence electrons. The monoisotopic (exact) mass is 289 g/mol. The molecule has 8 heteroatoms. The van der Waals surface area contributed by atoms with E-state index in [9.17, 15) is 10.1 Å². The molecule has 0 fully saturated rings. The van der Waals surface area contributed by atoms with Gasteiger partial charge >= 0.3 is 0 Å². The van der Waals surface area contributed by atoms with Crippen LogP contribution in [0.15, 0.2) is 12.1 Å². The number of rotatable bonds is 9. The van der Waals surface area contributed by atoms with Crippen molar-refractivity contribution in [2.24, 2.45) is 0 Å². The van der Waals surface area contributed by atoms with Crippen LogP contribution >= 0.6 is 11.6 Å². The summed E-state index contributed by atoms with van der Waals surface area (Å²) in [6, 6.07) is 2.55. The Morgan fingerprint density at radius 3 is 2.89 bits per heavy atom. The molecule has 0 bridgehead atoms. The second-order valence-corrected chi connectivity index (χ2v) is 4.06. The molecule has 0 aliphatic heterocycles. The molecule has 1 aromatic rings. The van der Waals surface area contributed by atoms with Crippen molar-refractivity contribution in [3.8, 4) is 0 Å². The number of anilines is 1. The highest BCUT2D eigenvalue weighted by atomic mass is 35.5. The number of nitro groups is 1. The van der Waals surface area contributed by atoms with E-state index in [1.54, 1.807) is 7.11 Å². The lowest BCUT2D eigenvalue weighted by molar-refractivity contribution is -0.384. The first-order valence-corrected chi connectivity index (χ1v) is 6.14. The van der Waals surface area contributed by atoms with Crippen LogP contribution in [-0.2, 0) is 9.47 Å². The highest BCUT2D eigenvalue weighted by molar-refractivity contribution is 6.29. The number of hydrogen-bond acceptors (Lipinski definition) is 6. The van der Waals surface area contributed by atoms with E-state index >= 15 is 0 Å². The van der Waals surface area contributed by atoms with Crippen LogP contribution in [-0.4, -0.2) is 43.4 Å². The average Bonchev–Trinajstić information content (AvgIpc) is 2.37. The van der Waals surface area contributed by atoms with E-state index in [-0.39, 0.29) is 10.8 Å². The Balaban J connectivity index is 2.31. The second-order valence-electron chi connectivity index (χ2n) is 3.68. The van der Waals surface area contributed by atoms with Gasteiger partial charge in [0.1, 0.15) is 11.0 Å². The van der Waals surface area contributed by atoms with Crippen molar-refractivity contribution in [2.75, 3.05) is 38.8 Å². The standard InChI is InChI=1S/C11H16ClN3O4/c1-18-5-6-19-4-2-3-13-11-8-9(15(16)17)7-10(12)14-11/h7-8H,2-6H2,1H3,(H,13,14). The average molecular weight is 290 g/mol. The van der Waals surface area contributed by atoms with Crippen LogP contribution in [0.1, 0.15) is 6.42 Å². The Kier molecular flexibility index (Phi) is 7.09. The number of nitrogens with zero attached hydrogens (tertiary/aromatic N) is 2. The van der Waals surface area contributed by atoms with Crippen molar-refractivity contribution in [3.63, 3.8) is 0 Å². The lowest BCUT2D eigenvalue weighted by Gasteiger charge is -2.06. The van der Waals surface area contributed by atoms with Gasteiger partial charge in [0.05, 0.1) is 30.3 Å². The molecule has 0 radical (unpaired) electrons. The van der Waals surface area contributed by atoms with E-state index in [4.69, 9.17) is 21.1 Å². The zero-order valence-corrected chi connectivity index (χ0v) is 11.4. The Labute approximate surface area is 116 Å². The predicted molar refractivity (Wildman–Crippen MR) is 71.7 cm³/mol. The molecule has 1 N–H and O–H groups in total. The zero-order valence-electron chi connectivity index (χ0n) is 10.6. The molecule has 0 amide bonds. The van der Waals surface area contributed by atoms with E-state index in [0.29, 0.717) is 32.2 Å². The maximum atomic E-state index is 10.6. The lowest BCUT2D eigenvalue weighted by atomic mass is 10.4. The van der Waals surface area contributed by atoms with Gasteiger partial charge in [-0.15, -0.1) is 0 Å². The molecular formula is C11H16ClN3O4. The number of nitrogens with one attached hydrogen (secondary N) is 1. The largest absolute Gasteiger partial charge is 0.382 e. The van der Waals surface area contributed by atoms with Gasteiger partial charge in [0, 0.05) is 20.3 Å². The van der Waals surface area contributed by atoms with Gasteiger partial charge in [0.2, 0.25) is 0 Å². The van der Waals surface area contributed by atoms with Crippen LogP contribution in [0, 0.1) is 10.1 Å². The number of aromatic nitrogens is 1. The third-order valence-electron chi connectivity index (χ3n) is 2.19. The van der Waals surface area contributed by atoms with Crippen LogP contribution in [0.3, 0.4) is 0 Å². The highest BCUT2D eigenvalue weighted by Gasteiger charge is 2.09. The highest BCUT2D eigenvalue weighted by Crippen LogP contribution is 2.20. The zero-order chi connectivity index (χ0) is 14.1. The third-order valence-corrected chi connectivity index (χ3v) is 2.39. The van der Waals surface area contributed by atoms with Crippen molar-refractivity contribution < 1.29 is 14.4 Å². The molecule has 19 heavy (non-hydrogen) atoms. The third kappa shape index (κ3) is 6.32. The second kappa shape index (κ2) is 8.63. The molecule has 0 aromatic carbocycles. The van der Waals surface area contributed by atoms with Crippen LogP contribution in [0.5, 0.6) is 0 Å². The van der Waals surface area contributed by atoms with Gasteiger partial charge in [-0.25, -0.2) is 4.98 Å². The lowest BCUT2D eigenvalue weighted by Crippen LogP contribution is -2.09. The summed E-state index contributed by atoms with van der Waals surface area (Å²) in [5.41, 5.74) is -0.0844. The normalized spacial score (nSPS) is 10.4. The van der Waals surface area contributed by atoms with E-state index in [1.807, 2.05) is 0 Å². The molecule has 1 rings (SSSR count). The fraction of sp³-hybridized carbons (Fsp3) is 0.545.